The molecule has 0 atom stereocenters. The second kappa shape index (κ2) is 6.64. The van der Waals surface area contributed by atoms with Gasteiger partial charge in [0.05, 0.1) is 0 Å². The average molecular weight is 301 g/mol. The molecule has 0 fully saturated rings. The van der Waals surface area contributed by atoms with Gasteiger partial charge in [0.2, 0.25) is 5.91 Å². The summed E-state index contributed by atoms with van der Waals surface area (Å²) in [6.45, 7) is 8.83. The van der Waals surface area contributed by atoms with Crippen molar-refractivity contribution in [3.05, 3.63) is 41.7 Å². The number of carbonyl (C=O) groups is 1. The molecule has 1 aromatic carbocycles. The molecular formula is C17H23N3O2. The van der Waals surface area contributed by atoms with Gasteiger partial charge in [0.25, 0.3) is 0 Å². The zero-order chi connectivity index (χ0) is 16.2. The summed E-state index contributed by atoms with van der Waals surface area (Å²) in [5, 5.41) is 9.75. The molecule has 1 amide bonds. The Morgan fingerprint density at radius 3 is 2.45 bits per heavy atom. The molecule has 1 aromatic heterocycles. The molecule has 2 N–H and O–H groups in total. The molecule has 5 nitrogen and oxygen atoms in total. The van der Waals surface area contributed by atoms with Crippen LogP contribution in [0.15, 0.2) is 34.9 Å². The molecule has 0 bridgehead atoms. The van der Waals surface area contributed by atoms with Gasteiger partial charge in [0.15, 0.2) is 5.82 Å². The summed E-state index contributed by atoms with van der Waals surface area (Å²) >= 11 is 0. The predicted octanol–water partition coefficient (Wildman–Crippen LogP) is 3.72. The third-order valence-corrected chi connectivity index (χ3v) is 3.32. The maximum absolute atomic E-state index is 11.9. The Hall–Kier alpha value is -2.30. The van der Waals surface area contributed by atoms with Crippen molar-refractivity contribution in [2.75, 3.05) is 17.2 Å². The average Bonchev–Trinajstić information content (AvgIpc) is 2.84. The van der Waals surface area contributed by atoms with E-state index in [1.807, 2.05) is 31.2 Å². The van der Waals surface area contributed by atoms with E-state index in [9.17, 15) is 4.79 Å². The van der Waals surface area contributed by atoms with Crippen molar-refractivity contribution >= 4 is 17.4 Å². The lowest BCUT2D eigenvalue weighted by molar-refractivity contribution is -0.115. The topological polar surface area (TPSA) is 67.2 Å². The van der Waals surface area contributed by atoms with Crippen LogP contribution in [0.25, 0.3) is 0 Å². The molecule has 2 aromatic rings. The lowest BCUT2D eigenvalue weighted by atomic mass is 9.87. The van der Waals surface area contributed by atoms with Gasteiger partial charge in [-0.25, -0.2) is 0 Å². The van der Waals surface area contributed by atoms with E-state index in [0.717, 1.165) is 11.4 Å². The molecule has 118 valence electrons. The van der Waals surface area contributed by atoms with Gasteiger partial charge < -0.3 is 15.2 Å². The highest BCUT2D eigenvalue weighted by Gasteiger charge is 2.13. The normalized spacial score (nSPS) is 11.3. The van der Waals surface area contributed by atoms with Crippen molar-refractivity contribution < 1.29 is 9.32 Å². The number of amides is 1. The first kappa shape index (κ1) is 16.1. The van der Waals surface area contributed by atoms with Gasteiger partial charge in [-0.3, -0.25) is 4.79 Å². The SMILES string of the molecule is Cc1cc(NCCC(=O)Nc2ccc(C(C)(C)C)cc2)no1. The predicted molar refractivity (Wildman–Crippen MR) is 88.1 cm³/mol. The van der Waals surface area contributed by atoms with Crippen LogP contribution in [0.4, 0.5) is 11.5 Å². The van der Waals surface area contributed by atoms with Crippen LogP contribution in [0.5, 0.6) is 0 Å². The maximum Gasteiger partial charge on any atom is 0.226 e. The molecule has 0 saturated carbocycles. The number of benzene rings is 1. The monoisotopic (exact) mass is 301 g/mol. The number of aryl methyl sites for hydroxylation is 1. The summed E-state index contributed by atoms with van der Waals surface area (Å²) in [7, 11) is 0. The molecule has 0 aliphatic rings. The summed E-state index contributed by atoms with van der Waals surface area (Å²) in [5.74, 6) is 1.36. The number of nitrogens with zero attached hydrogens (tertiary/aromatic N) is 1. The molecule has 0 saturated heterocycles. The van der Waals surface area contributed by atoms with Gasteiger partial charge in [0.1, 0.15) is 5.76 Å². The van der Waals surface area contributed by atoms with E-state index < -0.39 is 0 Å². The van der Waals surface area contributed by atoms with E-state index in [0.29, 0.717) is 18.8 Å². The van der Waals surface area contributed by atoms with Crippen molar-refractivity contribution in [1.82, 2.24) is 5.16 Å². The summed E-state index contributed by atoms with van der Waals surface area (Å²) in [4.78, 5) is 11.9. The molecule has 0 aliphatic heterocycles. The molecule has 0 unspecified atom stereocenters. The van der Waals surface area contributed by atoms with Crippen molar-refractivity contribution in [3.8, 4) is 0 Å². The summed E-state index contributed by atoms with van der Waals surface area (Å²) in [5.41, 5.74) is 2.17. The number of rotatable bonds is 5. The molecule has 0 spiro atoms. The Bertz CT molecular complexity index is 624. The highest BCUT2D eigenvalue weighted by molar-refractivity contribution is 5.90. The highest BCUT2D eigenvalue weighted by Crippen LogP contribution is 2.23. The summed E-state index contributed by atoms with van der Waals surface area (Å²) < 4.78 is 4.94. The van der Waals surface area contributed by atoms with Crippen LogP contribution in [-0.2, 0) is 10.2 Å². The smallest absolute Gasteiger partial charge is 0.226 e. The van der Waals surface area contributed by atoms with E-state index in [1.54, 1.807) is 6.07 Å². The van der Waals surface area contributed by atoms with Crippen LogP contribution in [0, 0.1) is 6.92 Å². The quantitative estimate of drug-likeness (QED) is 0.883. The fraction of sp³-hybridized carbons (Fsp3) is 0.412. The third kappa shape index (κ3) is 4.62. The Labute approximate surface area is 131 Å². The second-order valence-electron chi connectivity index (χ2n) is 6.38. The van der Waals surface area contributed by atoms with E-state index in [-0.39, 0.29) is 11.3 Å². The minimum atomic E-state index is -0.0313. The Kier molecular flexibility index (Phi) is 4.85. The van der Waals surface area contributed by atoms with Crippen molar-refractivity contribution in [3.63, 3.8) is 0 Å². The lowest BCUT2D eigenvalue weighted by Gasteiger charge is -2.19. The number of carbonyl (C=O) groups excluding carboxylic acids is 1. The van der Waals surface area contributed by atoms with Gasteiger partial charge in [-0.1, -0.05) is 38.1 Å². The number of hydrogen-bond acceptors (Lipinski definition) is 4. The van der Waals surface area contributed by atoms with Gasteiger partial charge in [-0.05, 0) is 30.0 Å². The van der Waals surface area contributed by atoms with Crippen molar-refractivity contribution in [2.45, 2.75) is 39.5 Å². The number of nitrogens with one attached hydrogen (secondary N) is 2. The van der Waals surface area contributed by atoms with Gasteiger partial charge >= 0.3 is 0 Å². The molecule has 1 heterocycles. The fourth-order valence-electron chi connectivity index (χ4n) is 2.03. The minimum Gasteiger partial charge on any atom is -0.367 e. The van der Waals surface area contributed by atoms with Gasteiger partial charge in [-0.2, -0.15) is 0 Å². The number of anilines is 2. The first-order valence-electron chi connectivity index (χ1n) is 7.42. The van der Waals surface area contributed by atoms with Crippen LogP contribution < -0.4 is 10.6 Å². The molecule has 0 radical (unpaired) electrons. The van der Waals surface area contributed by atoms with Crippen LogP contribution in [-0.4, -0.2) is 17.6 Å². The first-order valence-corrected chi connectivity index (χ1v) is 7.42. The number of aromatic nitrogens is 1. The molecule has 0 aliphatic carbocycles. The van der Waals surface area contributed by atoms with E-state index in [1.165, 1.54) is 5.56 Å². The van der Waals surface area contributed by atoms with Crippen LogP contribution in [0.3, 0.4) is 0 Å². The zero-order valence-electron chi connectivity index (χ0n) is 13.6. The third-order valence-electron chi connectivity index (χ3n) is 3.32. The van der Waals surface area contributed by atoms with Crippen molar-refractivity contribution in [1.29, 1.82) is 0 Å². The summed E-state index contributed by atoms with van der Waals surface area (Å²) in [6, 6.07) is 9.76. The fourth-order valence-corrected chi connectivity index (χ4v) is 2.03. The highest BCUT2D eigenvalue weighted by atomic mass is 16.5. The molecule has 2 rings (SSSR count). The van der Waals surface area contributed by atoms with Crippen LogP contribution >= 0.6 is 0 Å². The Morgan fingerprint density at radius 2 is 1.91 bits per heavy atom. The lowest BCUT2D eigenvalue weighted by Crippen LogP contribution is -2.16. The largest absolute Gasteiger partial charge is 0.367 e. The zero-order valence-corrected chi connectivity index (χ0v) is 13.6. The van der Waals surface area contributed by atoms with Crippen molar-refractivity contribution in [2.24, 2.45) is 0 Å². The van der Waals surface area contributed by atoms with E-state index in [4.69, 9.17) is 4.52 Å². The van der Waals surface area contributed by atoms with Gasteiger partial charge in [-0.15, -0.1) is 0 Å². The Morgan fingerprint density at radius 1 is 1.23 bits per heavy atom. The molecule has 5 heteroatoms. The van der Waals surface area contributed by atoms with E-state index >= 15 is 0 Å². The van der Waals surface area contributed by atoms with Crippen LogP contribution in [0.1, 0.15) is 38.5 Å². The van der Waals surface area contributed by atoms with Gasteiger partial charge in [0, 0.05) is 24.7 Å². The second-order valence-corrected chi connectivity index (χ2v) is 6.38. The maximum atomic E-state index is 11.9. The van der Waals surface area contributed by atoms with Crippen LogP contribution in [0.2, 0.25) is 0 Å². The first-order chi connectivity index (χ1) is 10.3. The Balaban J connectivity index is 1.79. The minimum absolute atomic E-state index is 0.0313. The standard InChI is InChI=1S/C17H23N3O2/c1-12-11-15(20-22-12)18-10-9-16(21)19-14-7-5-13(6-8-14)17(2,3)4/h5-8,11H,9-10H2,1-4H3,(H,18,20)(H,19,21). The molecule has 22 heavy (non-hydrogen) atoms. The summed E-state index contributed by atoms with van der Waals surface area (Å²) in [6.07, 6.45) is 0.368. The van der Waals surface area contributed by atoms with E-state index in [2.05, 4.69) is 36.6 Å². The molecular weight excluding hydrogens is 278 g/mol. The number of hydrogen-bond donors (Lipinski definition) is 2.